The van der Waals surface area contributed by atoms with Gasteiger partial charge in [-0.3, -0.25) is 0 Å². The summed E-state index contributed by atoms with van der Waals surface area (Å²) in [7, 11) is 4.98. The molecular weight excluding hydrogens is 408 g/mol. The summed E-state index contributed by atoms with van der Waals surface area (Å²) in [5.74, 6) is 0. The third-order valence-corrected chi connectivity index (χ3v) is 5.88. The molecule has 0 aliphatic carbocycles. The lowest BCUT2D eigenvalue weighted by atomic mass is 9.88. The number of carbonyl (C=O) groups excluding carboxylic acids is 1. The first kappa shape index (κ1) is 22.1. The molecule has 1 amide bonds. The summed E-state index contributed by atoms with van der Waals surface area (Å²) < 4.78 is 19.5. The van der Waals surface area contributed by atoms with Crippen LogP contribution in [0, 0.1) is 13.8 Å². The van der Waals surface area contributed by atoms with Crippen LogP contribution in [-0.2, 0) is 14.2 Å². The second-order valence-electron chi connectivity index (χ2n) is 8.18. The maximum atomic E-state index is 12.6. The first-order chi connectivity index (χ1) is 15.4. The second-order valence-corrected chi connectivity index (χ2v) is 8.18. The molecule has 0 radical (unpaired) electrons. The van der Waals surface area contributed by atoms with Crippen LogP contribution in [0.5, 0.6) is 0 Å². The Hall–Kier alpha value is -3.10. The molecule has 0 saturated carbocycles. The molecule has 3 atom stereocenters. The van der Waals surface area contributed by atoms with Crippen LogP contribution < -0.4 is 5.32 Å². The van der Waals surface area contributed by atoms with Crippen molar-refractivity contribution in [2.45, 2.75) is 32.1 Å². The second kappa shape index (κ2) is 9.18. The van der Waals surface area contributed by atoms with Gasteiger partial charge in [0.15, 0.2) is 11.8 Å². The standard InChI is InChI=1S/C24H30N4O4/c1-15-16(2)28-12-11-18-20(23(28)25-15)26-19(17-9-7-6-8-10-17)22(32-24(29)27(3)4)21(18)31-14-13-30-5/h6-12,19,21-22,26H,13-14H2,1-5H3/t19-,21+,22-/m1/s1. The lowest BCUT2D eigenvalue weighted by molar-refractivity contribution is -0.0724. The van der Waals surface area contributed by atoms with Gasteiger partial charge in [-0.1, -0.05) is 30.3 Å². The van der Waals surface area contributed by atoms with E-state index >= 15 is 0 Å². The number of pyridine rings is 1. The summed E-state index contributed by atoms with van der Waals surface area (Å²) >= 11 is 0. The zero-order valence-electron chi connectivity index (χ0n) is 19.2. The van der Waals surface area contributed by atoms with E-state index in [1.807, 2.05) is 56.4 Å². The lowest BCUT2D eigenvalue weighted by Crippen LogP contribution is -2.43. The number of methoxy groups -OCH3 is 1. The Labute approximate surface area is 188 Å². The van der Waals surface area contributed by atoms with Gasteiger partial charge in [-0.25, -0.2) is 9.78 Å². The minimum absolute atomic E-state index is 0.316. The highest BCUT2D eigenvalue weighted by Crippen LogP contribution is 2.44. The predicted octanol–water partition coefficient (Wildman–Crippen LogP) is 3.89. The van der Waals surface area contributed by atoms with Gasteiger partial charge in [0.2, 0.25) is 0 Å². The quantitative estimate of drug-likeness (QED) is 0.589. The number of hydrogen-bond donors (Lipinski definition) is 1. The maximum Gasteiger partial charge on any atom is 0.409 e. The minimum Gasteiger partial charge on any atom is -0.440 e. The van der Waals surface area contributed by atoms with E-state index < -0.39 is 18.3 Å². The smallest absolute Gasteiger partial charge is 0.409 e. The Morgan fingerprint density at radius 2 is 1.91 bits per heavy atom. The fraction of sp³-hybridized carbons (Fsp3) is 0.417. The number of amides is 1. The summed E-state index contributed by atoms with van der Waals surface area (Å²) in [6.07, 6.45) is 0.495. The highest BCUT2D eigenvalue weighted by molar-refractivity contribution is 5.76. The average molecular weight is 439 g/mol. The zero-order valence-corrected chi connectivity index (χ0v) is 19.2. The van der Waals surface area contributed by atoms with Crippen LogP contribution >= 0.6 is 0 Å². The van der Waals surface area contributed by atoms with Crippen molar-refractivity contribution in [2.75, 3.05) is 39.7 Å². The molecule has 0 unspecified atom stereocenters. The third kappa shape index (κ3) is 4.03. The number of benzene rings is 1. The highest BCUT2D eigenvalue weighted by Gasteiger charge is 2.42. The van der Waals surface area contributed by atoms with Crippen molar-refractivity contribution in [1.82, 2.24) is 14.3 Å². The Kier molecular flexibility index (Phi) is 6.34. The van der Waals surface area contributed by atoms with Gasteiger partial charge in [-0.05, 0) is 25.5 Å². The van der Waals surface area contributed by atoms with E-state index in [9.17, 15) is 4.79 Å². The van der Waals surface area contributed by atoms with Crippen molar-refractivity contribution < 1.29 is 19.0 Å². The Balaban J connectivity index is 1.86. The van der Waals surface area contributed by atoms with Crippen molar-refractivity contribution in [3.8, 4) is 0 Å². The molecule has 1 N–H and O–H groups in total. The fourth-order valence-electron chi connectivity index (χ4n) is 4.06. The van der Waals surface area contributed by atoms with E-state index in [1.165, 1.54) is 4.90 Å². The molecule has 1 aliphatic heterocycles. The molecule has 0 spiro atoms. The monoisotopic (exact) mass is 438 g/mol. The van der Waals surface area contributed by atoms with Crippen molar-refractivity contribution in [3.63, 3.8) is 0 Å². The van der Waals surface area contributed by atoms with E-state index in [0.29, 0.717) is 13.2 Å². The van der Waals surface area contributed by atoms with Crippen LogP contribution in [0.3, 0.4) is 0 Å². The van der Waals surface area contributed by atoms with Gasteiger partial charge < -0.3 is 28.8 Å². The molecule has 1 aliphatic rings. The first-order valence-electron chi connectivity index (χ1n) is 10.7. The van der Waals surface area contributed by atoms with Crippen molar-refractivity contribution in [1.29, 1.82) is 0 Å². The van der Waals surface area contributed by atoms with E-state index in [1.54, 1.807) is 21.2 Å². The molecule has 1 aromatic carbocycles. The van der Waals surface area contributed by atoms with Crippen molar-refractivity contribution in [3.05, 3.63) is 65.1 Å². The largest absolute Gasteiger partial charge is 0.440 e. The van der Waals surface area contributed by atoms with Gasteiger partial charge in [0.25, 0.3) is 0 Å². The SMILES string of the molecule is COCCO[C@H]1c2ccn3c(C)c(C)nc3c2N[C@H](c2ccccc2)[C@H]1OC(=O)N(C)C. The van der Waals surface area contributed by atoms with Gasteiger partial charge in [-0.15, -0.1) is 0 Å². The molecular formula is C24H30N4O4. The van der Waals surface area contributed by atoms with E-state index in [0.717, 1.165) is 33.8 Å². The molecule has 2 aromatic heterocycles. The Morgan fingerprint density at radius 1 is 1.16 bits per heavy atom. The molecule has 3 aromatic rings. The molecule has 8 nitrogen and oxygen atoms in total. The topological polar surface area (TPSA) is 77.3 Å². The van der Waals surface area contributed by atoms with Crippen molar-refractivity contribution in [2.24, 2.45) is 0 Å². The summed E-state index contributed by atoms with van der Waals surface area (Å²) in [5.41, 5.74) is 5.67. The molecule has 0 bridgehead atoms. The number of rotatable bonds is 6. The van der Waals surface area contributed by atoms with Crippen LogP contribution in [0.2, 0.25) is 0 Å². The Bertz CT molecular complexity index is 1100. The maximum absolute atomic E-state index is 12.6. The number of aryl methyl sites for hydroxylation is 2. The van der Waals surface area contributed by atoms with E-state index in [2.05, 4.69) is 9.72 Å². The van der Waals surface area contributed by atoms with Gasteiger partial charge in [-0.2, -0.15) is 0 Å². The van der Waals surface area contributed by atoms with Gasteiger partial charge in [0.1, 0.15) is 6.10 Å². The number of fused-ring (bicyclic) bond motifs is 3. The number of aromatic nitrogens is 2. The minimum atomic E-state index is -0.587. The van der Waals surface area contributed by atoms with Crippen LogP contribution in [0.15, 0.2) is 42.6 Å². The fourth-order valence-corrected chi connectivity index (χ4v) is 4.06. The van der Waals surface area contributed by atoms with Gasteiger partial charge >= 0.3 is 6.09 Å². The number of imidazole rings is 1. The zero-order chi connectivity index (χ0) is 22.8. The summed E-state index contributed by atoms with van der Waals surface area (Å²) in [5, 5.41) is 3.62. The van der Waals surface area contributed by atoms with Crippen LogP contribution in [0.25, 0.3) is 5.65 Å². The molecule has 0 fully saturated rings. The van der Waals surface area contributed by atoms with Gasteiger partial charge in [0, 0.05) is 38.7 Å². The lowest BCUT2D eigenvalue weighted by Gasteiger charge is -2.40. The summed E-state index contributed by atoms with van der Waals surface area (Å²) in [6.45, 7) is 4.86. The number of hydrogen-bond acceptors (Lipinski definition) is 6. The molecule has 4 rings (SSSR count). The molecule has 8 heteroatoms. The Morgan fingerprint density at radius 3 is 2.59 bits per heavy atom. The van der Waals surface area contributed by atoms with E-state index in [-0.39, 0.29) is 6.04 Å². The number of anilines is 1. The number of carbonyl (C=O) groups is 1. The average Bonchev–Trinajstić information content (AvgIpc) is 3.09. The van der Waals surface area contributed by atoms with Crippen LogP contribution in [0.1, 0.15) is 34.7 Å². The van der Waals surface area contributed by atoms with Crippen molar-refractivity contribution >= 4 is 17.4 Å². The van der Waals surface area contributed by atoms with Gasteiger partial charge in [0.05, 0.1) is 30.6 Å². The van der Waals surface area contributed by atoms with Crippen LogP contribution in [-0.4, -0.2) is 60.9 Å². The molecule has 3 heterocycles. The number of ether oxygens (including phenoxy) is 3. The number of nitrogens with zero attached hydrogens (tertiary/aromatic N) is 3. The first-order valence-corrected chi connectivity index (χ1v) is 10.7. The molecule has 0 saturated heterocycles. The molecule has 32 heavy (non-hydrogen) atoms. The molecule has 170 valence electrons. The normalized spacial score (nSPS) is 20.0. The van der Waals surface area contributed by atoms with E-state index in [4.69, 9.17) is 19.2 Å². The third-order valence-electron chi connectivity index (χ3n) is 5.88. The highest BCUT2D eigenvalue weighted by atomic mass is 16.6. The summed E-state index contributed by atoms with van der Waals surface area (Å²) in [4.78, 5) is 18.8. The van der Waals surface area contributed by atoms with Crippen LogP contribution in [0.4, 0.5) is 10.5 Å². The summed E-state index contributed by atoms with van der Waals surface area (Å²) in [6, 6.07) is 11.7. The predicted molar refractivity (Wildman–Crippen MR) is 122 cm³/mol. The number of nitrogens with one attached hydrogen (secondary N) is 1.